The number of aliphatic hydroxyl groups is 1. The number of esters is 1. The fraction of sp³-hybridized carbons (Fsp3) is 0.531. The number of carbonyl (C=O) groups is 1. The van der Waals surface area contributed by atoms with Gasteiger partial charge in [0.2, 0.25) is 0 Å². The molecule has 1 unspecified atom stereocenters. The first-order valence-electron chi connectivity index (χ1n) is 14.1. The molecule has 0 bridgehead atoms. The van der Waals surface area contributed by atoms with Crippen molar-refractivity contribution in [3.05, 3.63) is 71.8 Å². The summed E-state index contributed by atoms with van der Waals surface area (Å²) in [5, 5.41) is 11.1. The molecule has 1 saturated carbocycles. The second-order valence-corrected chi connectivity index (χ2v) is 11.3. The van der Waals surface area contributed by atoms with Gasteiger partial charge in [-0.1, -0.05) is 66.2 Å². The molecule has 39 heavy (non-hydrogen) atoms. The molecule has 7 heteroatoms. The van der Waals surface area contributed by atoms with E-state index in [0.717, 1.165) is 31.5 Å². The molecule has 4 rings (SSSR count). The molecule has 0 spiro atoms. The molecule has 2 aliphatic rings. The molecule has 0 aromatic heterocycles. The Hall–Kier alpha value is -2.16. The van der Waals surface area contributed by atoms with Crippen molar-refractivity contribution in [2.75, 3.05) is 38.5 Å². The van der Waals surface area contributed by atoms with Crippen LogP contribution in [0.25, 0.3) is 11.1 Å². The Kier molecular flexibility index (Phi) is 11.9. The van der Waals surface area contributed by atoms with Crippen molar-refractivity contribution in [3.63, 3.8) is 0 Å². The van der Waals surface area contributed by atoms with Crippen LogP contribution in [0.1, 0.15) is 43.2 Å². The van der Waals surface area contributed by atoms with E-state index in [2.05, 4.69) is 72.5 Å². The summed E-state index contributed by atoms with van der Waals surface area (Å²) >= 11 is 1.50. The zero-order valence-electron chi connectivity index (χ0n) is 23.3. The second kappa shape index (κ2) is 15.6. The molecule has 212 valence electrons. The van der Waals surface area contributed by atoms with Gasteiger partial charge in [-0.3, -0.25) is 9.69 Å². The third kappa shape index (κ3) is 8.92. The standard InChI is InChI=1S/C32H43NO5S/c1-24-9-13-26(14-10-24)27-15-11-25(12-16-27)22-37-30-21-29(34)32(33-17-19-36-20-18-33)28(30)7-5-3-4-6-8-31(35)38-23-39-2/h3-4,9-16,28-30,32,34H,5-8,17-23H2,1-2H3/b4-3+/t28?,29-,30-,32+/m0/s1. The lowest BCUT2D eigenvalue weighted by molar-refractivity contribution is -0.141. The highest BCUT2D eigenvalue weighted by Gasteiger charge is 2.45. The number of carbonyl (C=O) groups excluding carboxylic acids is 1. The minimum absolute atomic E-state index is 0.000424. The first-order chi connectivity index (χ1) is 19.0. The van der Waals surface area contributed by atoms with Crippen LogP contribution in [0, 0.1) is 12.8 Å². The molecular weight excluding hydrogens is 510 g/mol. The maximum atomic E-state index is 11.7. The van der Waals surface area contributed by atoms with E-state index in [1.165, 1.54) is 28.5 Å². The number of benzene rings is 2. The van der Waals surface area contributed by atoms with Gasteiger partial charge in [-0.15, -0.1) is 11.8 Å². The third-order valence-electron chi connectivity index (χ3n) is 7.74. The van der Waals surface area contributed by atoms with E-state index in [9.17, 15) is 9.90 Å². The molecular formula is C32H43NO5S. The molecule has 2 fully saturated rings. The first kappa shape index (κ1) is 29.8. The summed E-state index contributed by atoms with van der Waals surface area (Å²) in [6.07, 6.45) is 9.31. The molecule has 1 N–H and O–H groups in total. The van der Waals surface area contributed by atoms with Crippen LogP contribution >= 0.6 is 11.8 Å². The van der Waals surface area contributed by atoms with Crippen LogP contribution in [-0.2, 0) is 25.6 Å². The maximum Gasteiger partial charge on any atom is 0.306 e. The largest absolute Gasteiger partial charge is 0.455 e. The van der Waals surface area contributed by atoms with Crippen molar-refractivity contribution in [2.45, 2.75) is 63.9 Å². The highest BCUT2D eigenvalue weighted by molar-refractivity contribution is 7.98. The third-order valence-corrected chi connectivity index (χ3v) is 8.09. The lowest BCUT2D eigenvalue weighted by Gasteiger charge is -2.38. The fourth-order valence-corrected chi connectivity index (χ4v) is 5.91. The quantitative estimate of drug-likeness (QED) is 0.196. The van der Waals surface area contributed by atoms with E-state index in [0.29, 0.717) is 45.0 Å². The number of hydrogen-bond donors (Lipinski definition) is 1. The lowest BCUT2D eigenvalue weighted by atomic mass is 9.93. The minimum Gasteiger partial charge on any atom is -0.455 e. The molecule has 1 aliphatic carbocycles. The highest BCUT2D eigenvalue weighted by Crippen LogP contribution is 2.37. The molecule has 1 heterocycles. The van der Waals surface area contributed by atoms with Gasteiger partial charge in [0.25, 0.3) is 0 Å². The van der Waals surface area contributed by atoms with Crippen molar-refractivity contribution in [1.29, 1.82) is 0 Å². The Balaban J connectivity index is 1.33. The first-order valence-corrected chi connectivity index (χ1v) is 15.5. The van der Waals surface area contributed by atoms with Crippen LogP contribution in [0.5, 0.6) is 0 Å². The van der Waals surface area contributed by atoms with E-state index < -0.39 is 6.10 Å². The summed E-state index contributed by atoms with van der Waals surface area (Å²) in [5.74, 6) is 0.495. The summed E-state index contributed by atoms with van der Waals surface area (Å²) in [5.41, 5.74) is 4.81. The average Bonchev–Trinajstić information content (AvgIpc) is 3.28. The van der Waals surface area contributed by atoms with Crippen molar-refractivity contribution in [2.24, 2.45) is 5.92 Å². The number of allylic oxidation sites excluding steroid dienone is 2. The smallest absolute Gasteiger partial charge is 0.306 e. The van der Waals surface area contributed by atoms with Crippen LogP contribution in [0.15, 0.2) is 60.7 Å². The minimum atomic E-state index is -0.405. The number of nitrogens with zero attached hydrogens (tertiary/aromatic N) is 1. The van der Waals surface area contributed by atoms with Crippen LogP contribution in [-0.4, -0.2) is 72.7 Å². The van der Waals surface area contributed by atoms with E-state index >= 15 is 0 Å². The summed E-state index contributed by atoms with van der Waals surface area (Å²) in [6.45, 7) is 5.75. The van der Waals surface area contributed by atoms with E-state index in [4.69, 9.17) is 14.2 Å². The van der Waals surface area contributed by atoms with Crippen molar-refractivity contribution in [1.82, 2.24) is 4.90 Å². The summed E-state index contributed by atoms with van der Waals surface area (Å²) in [4.78, 5) is 14.1. The SMILES string of the molecule is CSCOC(=O)CC/C=C/CCC1[C@@H](OCc2ccc(-c3ccc(C)cc3)cc2)C[C@H](O)[C@@H]1N1CCOCC1. The fourth-order valence-electron chi connectivity index (χ4n) is 5.66. The summed E-state index contributed by atoms with van der Waals surface area (Å²) < 4.78 is 17.2. The number of aliphatic hydroxyl groups excluding tert-OH is 1. The zero-order valence-corrected chi connectivity index (χ0v) is 24.1. The Morgan fingerprint density at radius 3 is 2.41 bits per heavy atom. The normalized spacial score (nSPS) is 23.9. The number of thioether (sulfide) groups is 1. The predicted molar refractivity (Wildman–Crippen MR) is 158 cm³/mol. The monoisotopic (exact) mass is 553 g/mol. The van der Waals surface area contributed by atoms with Crippen LogP contribution in [0.3, 0.4) is 0 Å². The van der Waals surface area contributed by atoms with Gasteiger partial charge >= 0.3 is 5.97 Å². The maximum absolute atomic E-state index is 11.7. The van der Waals surface area contributed by atoms with Gasteiger partial charge in [0.15, 0.2) is 0 Å². The number of rotatable bonds is 13. The molecule has 6 nitrogen and oxygen atoms in total. The van der Waals surface area contributed by atoms with Gasteiger partial charge in [-0.25, -0.2) is 0 Å². The molecule has 1 saturated heterocycles. The Morgan fingerprint density at radius 2 is 1.72 bits per heavy atom. The van der Waals surface area contributed by atoms with E-state index in [1.54, 1.807) is 0 Å². The van der Waals surface area contributed by atoms with Crippen molar-refractivity contribution >= 4 is 17.7 Å². The Morgan fingerprint density at radius 1 is 1.05 bits per heavy atom. The molecule has 0 radical (unpaired) electrons. The lowest BCUT2D eigenvalue weighted by Crippen LogP contribution is -2.50. The van der Waals surface area contributed by atoms with Crippen molar-refractivity contribution < 1.29 is 24.1 Å². The molecule has 0 amide bonds. The van der Waals surface area contributed by atoms with Crippen molar-refractivity contribution in [3.8, 4) is 11.1 Å². The van der Waals surface area contributed by atoms with E-state index in [-0.39, 0.29) is 24.0 Å². The average molecular weight is 554 g/mol. The highest BCUT2D eigenvalue weighted by atomic mass is 32.2. The predicted octanol–water partition coefficient (Wildman–Crippen LogP) is 5.61. The molecule has 2 aromatic carbocycles. The number of aryl methyl sites for hydroxylation is 1. The van der Waals surface area contributed by atoms with Gasteiger partial charge in [0.1, 0.15) is 5.94 Å². The second-order valence-electron chi connectivity index (χ2n) is 10.5. The summed E-state index contributed by atoms with van der Waals surface area (Å²) in [7, 11) is 0. The van der Waals surface area contributed by atoms with Gasteiger partial charge in [-0.2, -0.15) is 0 Å². The number of ether oxygens (including phenoxy) is 3. The Labute approximate surface area is 237 Å². The Bertz CT molecular complexity index is 1040. The number of hydrogen-bond acceptors (Lipinski definition) is 7. The van der Waals surface area contributed by atoms with Gasteiger partial charge in [0, 0.05) is 37.9 Å². The van der Waals surface area contributed by atoms with Crippen LogP contribution < -0.4 is 0 Å². The van der Waals surface area contributed by atoms with Gasteiger partial charge in [0.05, 0.1) is 32.0 Å². The van der Waals surface area contributed by atoms with E-state index in [1.807, 2.05) is 6.26 Å². The number of morpholine rings is 1. The van der Waals surface area contributed by atoms with Gasteiger partial charge in [-0.05, 0) is 49.1 Å². The summed E-state index contributed by atoms with van der Waals surface area (Å²) in [6, 6.07) is 17.3. The van der Waals surface area contributed by atoms with Gasteiger partial charge < -0.3 is 19.3 Å². The zero-order chi connectivity index (χ0) is 27.5. The van der Waals surface area contributed by atoms with Crippen LogP contribution in [0.2, 0.25) is 0 Å². The van der Waals surface area contributed by atoms with Crippen LogP contribution in [0.4, 0.5) is 0 Å². The molecule has 1 aliphatic heterocycles. The molecule has 4 atom stereocenters. The molecule has 2 aromatic rings. The topological polar surface area (TPSA) is 68.2 Å².